The maximum absolute atomic E-state index is 9.74. The quantitative estimate of drug-likeness (QED) is 0.316. The summed E-state index contributed by atoms with van der Waals surface area (Å²) in [6, 6.07) is 0. The average Bonchev–Trinajstić information content (AvgIpc) is 1.65. The molecule has 0 amide bonds. The predicted molar refractivity (Wildman–Crippen MR) is 28.0 cm³/mol. The van der Waals surface area contributed by atoms with Crippen LogP contribution in [0.4, 0.5) is 4.79 Å². The first-order chi connectivity index (χ1) is 2.81. The maximum Gasteiger partial charge on any atom is 0.507 e. The van der Waals surface area contributed by atoms with Crippen molar-refractivity contribution in [1.29, 1.82) is 0 Å². The van der Waals surface area contributed by atoms with Crippen LogP contribution in [0, 0.1) is 0 Å². The fraction of sp³-hybridized carbons (Fsp3) is 0.667. The molecule has 0 aliphatic rings. The molecular weight excluding hydrogens is 108 g/mol. The molecule has 0 aliphatic carbocycles. The second-order valence-electron chi connectivity index (χ2n) is 0.658. The lowest BCUT2D eigenvalue weighted by Crippen LogP contribution is -1.97. The highest BCUT2D eigenvalue weighted by Crippen LogP contribution is 1.72. The van der Waals surface area contributed by atoms with Gasteiger partial charge in [0.15, 0.2) is 0 Å². The molecule has 0 bridgehead atoms. The Morgan fingerprint density at radius 3 is 1.57 bits per heavy atom. The van der Waals surface area contributed by atoms with Crippen LogP contribution in [0.25, 0.3) is 0 Å². The van der Waals surface area contributed by atoms with E-state index in [-0.39, 0.29) is 23.1 Å². The van der Waals surface area contributed by atoms with Crippen molar-refractivity contribution in [3.05, 3.63) is 0 Å². The number of rotatable bonds is 0. The van der Waals surface area contributed by atoms with Gasteiger partial charge in [-0.05, 0) is 0 Å². The number of carbonyl (C=O) groups excluding carboxylic acids is 1. The molecule has 0 aromatic heterocycles. The largest absolute Gasteiger partial charge is 0.507 e. The first kappa shape index (κ1) is 10.1. The van der Waals surface area contributed by atoms with E-state index in [1.54, 1.807) is 0 Å². The van der Waals surface area contributed by atoms with E-state index in [9.17, 15) is 4.79 Å². The van der Waals surface area contributed by atoms with E-state index in [2.05, 4.69) is 9.47 Å². The molecule has 0 fully saturated rings. The third-order valence-corrected chi connectivity index (χ3v) is 0.333. The molecule has 0 saturated heterocycles. The monoisotopic (exact) mass is 116 g/mol. The second kappa shape index (κ2) is 6.04. The van der Waals surface area contributed by atoms with Crippen LogP contribution in [0.1, 0.15) is 0 Å². The summed E-state index contributed by atoms with van der Waals surface area (Å²) in [5, 5.41) is 0. The Kier molecular flexibility index (Phi) is 8.72. The van der Waals surface area contributed by atoms with Crippen LogP contribution in [0.15, 0.2) is 0 Å². The minimum absolute atomic E-state index is 0. The molecular formula is C3H8MgO3. The molecule has 0 saturated carbocycles. The first-order valence-corrected chi connectivity index (χ1v) is 1.43. The minimum atomic E-state index is -0.657. The lowest BCUT2D eigenvalue weighted by molar-refractivity contribution is 0.0924. The van der Waals surface area contributed by atoms with Crippen molar-refractivity contribution in [2.75, 3.05) is 14.2 Å². The predicted octanol–water partition coefficient (Wildman–Crippen LogP) is -0.517. The zero-order valence-corrected chi connectivity index (χ0v) is 3.72. The van der Waals surface area contributed by atoms with Gasteiger partial charge >= 0.3 is 29.2 Å². The highest BCUT2D eigenvalue weighted by molar-refractivity contribution is 5.75. The first-order valence-electron chi connectivity index (χ1n) is 1.43. The van der Waals surface area contributed by atoms with Crippen molar-refractivity contribution in [3.8, 4) is 0 Å². The SMILES string of the molecule is COC(=O)OC.[MgH2]. The molecule has 0 heterocycles. The Hall–Kier alpha value is 0.0362. The third-order valence-electron chi connectivity index (χ3n) is 0.333. The Morgan fingerprint density at radius 1 is 1.29 bits per heavy atom. The highest BCUT2D eigenvalue weighted by Gasteiger charge is 1.88. The van der Waals surface area contributed by atoms with Gasteiger partial charge in [-0.15, -0.1) is 0 Å². The summed E-state index contributed by atoms with van der Waals surface area (Å²) in [6.45, 7) is 0. The summed E-state index contributed by atoms with van der Waals surface area (Å²) in [5.74, 6) is 0. The molecule has 0 atom stereocenters. The topological polar surface area (TPSA) is 35.5 Å². The fourth-order valence-corrected chi connectivity index (χ4v) is 0.0833. The van der Waals surface area contributed by atoms with Crippen LogP contribution in [-0.4, -0.2) is 43.4 Å². The van der Waals surface area contributed by atoms with Crippen molar-refractivity contribution in [3.63, 3.8) is 0 Å². The van der Waals surface area contributed by atoms with Crippen molar-refractivity contribution >= 4 is 29.2 Å². The van der Waals surface area contributed by atoms with Crippen molar-refractivity contribution in [2.24, 2.45) is 0 Å². The molecule has 0 aromatic carbocycles. The summed E-state index contributed by atoms with van der Waals surface area (Å²) >= 11 is 0. The summed E-state index contributed by atoms with van der Waals surface area (Å²) < 4.78 is 8.08. The normalized spacial score (nSPS) is 6.00. The van der Waals surface area contributed by atoms with Crippen LogP contribution in [0.5, 0.6) is 0 Å². The van der Waals surface area contributed by atoms with Crippen molar-refractivity contribution < 1.29 is 14.3 Å². The van der Waals surface area contributed by atoms with Crippen LogP contribution in [0.2, 0.25) is 0 Å². The van der Waals surface area contributed by atoms with E-state index < -0.39 is 6.16 Å². The van der Waals surface area contributed by atoms with Gasteiger partial charge in [-0.2, -0.15) is 0 Å². The molecule has 0 rings (SSSR count). The number of hydrogen-bond acceptors (Lipinski definition) is 3. The van der Waals surface area contributed by atoms with Gasteiger partial charge in [0, 0.05) is 0 Å². The lowest BCUT2D eigenvalue weighted by Gasteiger charge is -1.89. The minimum Gasteiger partial charge on any atom is -0.438 e. The summed E-state index contributed by atoms with van der Waals surface area (Å²) in [4.78, 5) is 9.74. The lowest BCUT2D eigenvalue weighted by atomic mass is 11.3. The fourth-order valence-electron chi connectivity index (χ4n) is 0.0833. The molecule has 40 valence electrons. The van der Waals surface area contributed by atoms with Gasteiger partial charge in [0.2, 0.25) is 0 Å². The Bertz CT molecular complexity index is 48.1. The number of ether oxygens (including phenoxy) is 2. The molecule has 7 heavy (non-hydrogen) atoms. The Balaban J connectivity index is 0. The summed E-state index contributed by atoms with van der Waals surface area (Å²) in [7, 11) is 2.51. The van der Waals surface area contributed by atoms with E-state index in [0.29, 0.717) is 0 Å². The van der Waals surface area contributed by atoms with Gasteiger partial charge in [-0.25, -0.2) is 4.79 Å². The molecule has 0 aliphatic heterocycles. The summed E-state index contributed by atoms with van der Waals surface area (Å²) in [6.07, 6.45) is -0.657. The molecule has 3 nitrogen and oxygen atoms in total. The van der Waals surface area contributed by atoms with Gasteiger partial charge < -0.3 is 9.47 Å². The molecule has 4 heteroatoms. The molecule has 0 unspecified atom stereocenters. The Morgan fingerprint density at radius 2 is 1.57 bits per heavy atom. The van der Waals surface area contributed by atoms with E-state index >= 15 is 0 Å². The van der Waals surface area contributed by atoms with E-state index in [1.807, 2.05) is 0 Å². The number of hydrogen-bond donors (Lipinski definition) is 0. The number of carbonyl (C=O) groups is 1. The molecule has 0 N–H and O–H groups in total. The highest BCUT2D eigenvalue weighted by atomic mass is 24.3. The van der Waals surface area contributed by atoms with Gasteiger partial charge in [0.25, 0.3) is 0 Å². The Labute approximate surface area is 58.1 Å². The molecule has 0 aromatic rings. The zero-order valence-electron chi connectivity index (χ0n) is 3.72. The van der Waals surface area contributed by atoms with Gasteiger partial charge in [-0.3, -0.25) is 0 Å². The van der Waals surface area contributed by atoms with Gasteiger partial charge in [0.05, 0.1) is 14.2 Å². The molecule has 0 radical (unpaired) electrons. The maximum atomic E-state index is 9.74. The smallest absolute Gasteiger partial charge is 0.438 e. The standard InChI is InChI=1S/C3H6O3.Mg.2H/c1-5-3(4)6-2;;;/h1-2H3;;;. The van der Waals surface area contributed by atoms with Crippen LogP contribution < -0.4 is 0 Å². The van der Waals surface area contributed by atoms with E-state index in [4.69, 9.17) is 0 Å². The zero-order chi connectivity index (χ0) is 4.99. The van der Waals surface area contributed by atoms with Gasteiger partial charge in [-0.1, -0.05) is 0 Å². The van der Waals surface area contributed by atoms with E-state index in [1.165, 1.54) is 14.2 Å². The average molecular weight is 116 g/mol. The van der Waals surface area contributed by atoms with E-state index in [0.717, 1.165) is 0 Å². The third kappa shape index (κ3) is 6.04. The van der Waals surface area contributed by atoms with Crippen LogP contribution >= 0.6 is 0 Å². The number of methoxy groups -OCH3 is 2. The van der Waals surface area contributed by atoms with Crippen LogP contribution in [0.3, 0.4) is 0 Å². The van der Waals surface area contributed by atoms with Gasteiger partial charge in [0.1, 0.15) is 0 Å². The second-order valence-corrected chi connectivity index (χ2v) is 0.658. The molecule has 0 spiro atoms. The van der Waals surface area contributed by atoms with Crippen LogP contribution in [-0.2, 0) is 9.47 Å². The van der Waals surface area contributed by atoms with Crippen molar-refractivity contribution in [2.45, 2.75) is 0 Å². The van der Waals surface area contributed by atoms with Crippen molar-refractivity contribution in [1.82, 2.24) is 0 Å². The summed E-state index contributed by atoms with van der Waals surface area (Å²) in [5.41, 5.74) is 0.